The molecule has 3 aromatic rings. The summed E-state index contributed by atoms with van der Waals surface area (Å²) in [4.78, 5) is 14.7. The minimum absolute atomic E-state index is 0.0135. The third kappa shape index (κ3) is 5.34. The Morgan fingerprint density at radius 2 is 1.35 bits per heavy atom. The normalized spacial score (nSPS) is 11.4. The van der Waals surface area contributed by atoms with E-state index in [2.05, 4.69) is 31.9 Å². The van der Waals surface area contributed by atoms with Crippen LogP contribution in [-0.2, 0) is 0 Å². The molecule has 0 atom stereocenters. The molecule has 0 aliphatic heterocycles. The van der Waals surface area contributed by atoms with Crippen molar-refractivity contribution in [1.82, 2.24) is 0 Å². The summed E-state index contributed by atoms with van der Waals surface area (Å²) in [6, 6.07) is 22.7. The number of Topliss-reactive ketones (excluding diaryl/α,β-unsaturated/α-hetero) is 1. The SMILES string of the molecule is O=C(C(=Cc1ccc(Cl)cc1)Sc1ccc(Br)cc1)c1ccc(Br)cc1. The predicted octanol–water partition coefficient (Wildman–Crippen LogP) is 7.88. The van der Waals surface area contributed by atoms with Crippen LogP contribution >= 0.6 is 55.2 Å². The molecule has 0 aliphatic carbocycles. The molecule has 3 rings (SSSR count). The number of hydrogen-bond donors (Lipinski definition) is 0. The molecule has 0 saturated carbocycles. The molecule has 0 bridgehead atoms. The first-order valence-corrected chi connectivity index (χ1v) is 10.5. The van der Waals surface area contributed by atoms with Gasteiger partial charge >= 0.3 is 0 Å². The monoisotopic (exact) mass is 506 g/mol. The molecule has 0 unspecified atom stereocenters. The quantitative estimate of drug-likeness (QED) is 0.198. The number of carbonyl (C=O) groups is 1. The zero-order chi connectivity index (χ0) is 18.5. The number of thioether (sulfide) groups is 1. The van der Waals surface area contributed by atoms with Gasteiger partial charge in [-0.1, -0.05) is 67.4 Å². The number of carbonyl (C=O) groups excluding carboxylic acids is 1. The average molecular weight is 509 g/mol. The molecule has 0 heterocycles. The number of rotatable bonds is 5. The van der Waals surface area contributed by atoms with Gasteiger partial charge in [-0.25, -0.2) is 0 Å². The Labute approximate surface area is 178 Å². The Morgan fingerprint density at radius 1 is 0.808 bits per heavy atom. The fourth-order valence-corrected chi connectivity index (χ4v) is 3.81. The fraction of sp³-hybridized carbons (Fsp3) is 0. The van der Waals surface area contributed by atoms with Crippen molar-refractivity contribution in [3.63, 3.8) is 0 Å². The van der Waals surface area contributed by atoms with Gasteiger partial charge < -0.3 is 0 Å². The lowest BCUT2D eigenvalue weighted by Crippen LogP contribution is -2.01. The van der Waals surface area contributed by atoms with Crippen molar-refractivity contribution in [1.29, 1.82) is 0 Å². The van der Waals surface area contributed by atoms with Gasteiger partial charge in [0.05, 0.1) is 4.91 Å². The molecule has 0 aromatic heterocycles. The first kappa shape index (κ1) is 19.4. The fourth-order valence-electron chi connectivity index (χ4n) is 2.22. The Hall–Kier alpha value is -1.33. The van der Waals surface area contributed by atoms with Gasteiger partial charge in [0.25, 0.3) is 0 Å². The summed E-state index contributed by atoms with van der Waals surface area (Å²) in [5.41, 5.74) is 1.58. The molecule has 5 heteroatoms. The van der Waals surface area contributed by atoms with E-state index in [1.807, 2.05) is 78.9 Å². The van der Waals surface area contributed by atoms with Crippen LogP contribution in [0.25, 0.3) is 6.08 Å². The Kier molecular flexibility index (Phi) is 6.76. The molecule has 1 nitrogen and oxygen atoms in total. The summed E-state index contributed by atoms with van der Waals surface area (Å²) < 4.78 is 1.95. The van der Waals surface area contributed by atoms with E-state index in [0.717, 1.165) is 19.4 Å². The summed E-state index contributed by atoms with van der Waals surface area (Å²) in [7, 11) is 0. The van der Waals surface area contributed by atoms with Crippen molar-refractivity contribution in [3.05, 3.63) is 103 Å². The second-order valence-corrected chi connectivity index (χ2v) is 8.84. The number of halogens is 3. The van der Waals surface area contributed by atoms with Crippen LogP contribution in [0.4, 0.5) is 0 Å². The summed E-state index contributed by atoms with van der Waals surface area (Å²) >= 11 is 14.3. The number of ketones is 1. The molecule has 3 aromatic carbocycles. The van der Waals surface area contributed by atoms with Crippen LogP contribution in [0.2, 0.25) is 5.02 Å². The second-order valence-electron chi connectivity index (χ2n) is 5.45. The van der Waals surface area contributed by atoms with E-state index in [-0.39, 0.29) is 5.78 Å². The van der Waals surface area contributed by atoms with Gasteiger partial charge in [0.1, 0.15) is 0 Å². The standard InChI is InChI=1S/C21H13Br2ClOS/c22-16-5-3-15(4-6-16)21(25)20(13-14-1-9-18(24)10-2-14)26-19-11-7-17(23)8-12-19/h1-13H. The lowest BCUT2D eigenvalue weighted by atomic mass is 10.1. The third-order valence-electron chi connectivity index (χ3n) is 3.54. The first-order valence-electron chi connectivity index (χ1n) is 7.72. The van der Waals surface area contributed by atoms with Crippen LogP contribution in [0.1, 0.15) is 15.9 Å². The Balaban J connectivity index is 1.97. The molecule has 0 saturated heterocycles. The first-order chi connectivity index (χ1) is 12.5. The average Bonchev–Trinajstić information content (AvgIpc) is 2.65. The lowest BCUT2D eigenvalue weighted by Gasteiger charge is -2.08. The molecule has 26 heavy (non-hydrogen) atoms. The van der Waals surface area contributed by atoms with E-state index in [9.17, 15) is 4.79 Å². The highest BCUT2D eigenvalue weighted by molar-refractivity contribution is 9.10. The van der Waals surface area contributed by atoms with E-state index >= 15 is 0 Å². The van der Waals surface area contributed by atoms with E-state index in [1.165, 1.54) is 11.8 Å². The van der Waals surface area contributed by atoms with Crippen molar-refractivity contribution >= 4 is 67.1 Å². The van der Waals surface area contributed by atoms with E-state index < -0.39 is 0 Å². The van der Waals surface area contributed by atoms with Gasteiger partial charge in [-0.2, -0.15) is 0 Å². The highest BCUT2D eigenvalue weighted by atomic mass is 79.9. The van der Waals surface area contributed by atoms with Gasteiger partial charge in [-0.15, -0.1) is 0 Å². The number of benzene rings is 3. The van der Waals surface area contributed by atoms with Gasteiger partial charge in [-0.05, 0) is 72.3 Å². The lowest BCUT2D eigenvalue weighted by molar-refractivity contribution is 0.104. The highest BCUT2D eigenvalue weighted by Gasteiger charge is 2.14. The van der Waals surface area contributed by atoms with Gasteiger partial charge in [0.15, 0.2) is 5.78 Å². The number of allylic oxidation sites excluding steroid dienone is 1. The van der Waals surface area contributed by atoms with Crippen LogP contribution < -0.4 is 0 Å². The maximum absolute atomic E-state index is 13.1. The Bertz CT molecular complexity index is 933. The minimum atomic E-state index is -0.0135. The summed E-state index contributed by atoms with van der Waals surface area (Å²) in [5, 5.41) is 0.670. The molecular formula is C21H13Br2ClOS. The zero-order valence-electron chi connectivity index (χ0n) is 13.5. The molecule has 0 fully saturated rings. The largest absolute Gasteiger partial charge is 0.288 e. The van der Waals surface area contributed by atoms with Crippen LogP contribution in [0.15, 0.2) is 91.5 Å². The predicted molar refractivity (Wildman–Crippen MR) is 118 cm³/mol. The van der Waals surface area contributed by atoms with Crippen LogP contribution in [0.3, 0.4) is 0 Å². The van der Waals surface area contributed by atoms with Crippen molar-refractivity contribution in [3.8, 4) is 0 Å². The van der Waals surface area contributed by atoms with E-state index in [0.29, 0.717) is 15.5 Å². The highest BCUT2D eigenvalue weighted by Crippen LogP contribution is 2.32. The van der Waals surface area contributed by atoms with Gasteiger partial charge in [-0.3, -0.25) is 4.79 Å². The van der Waals surface area contributed by atoms with Crippen molar-refractivity contribution in [2.24, 2.45) is 0 Å². The van der Waals surface area contributed by atoms with E-state index in [1.54, 1.807) is 0 Å². The minimum Gasteiger partial charge on any atom is -0.288 e. The molecule has 0 spiro atoms. The Morgan fingerprint density at radius 3 is 1.92 bits per heavy atom. The van der Waals surface area contributed by atoms with Gasteiger partial charge in [0.2, 0.25) is 0 Å². The van der Waals surface area contributed by atoms with Crippen molar-refractivity contribution in [2.45, 2.75) is 4.90 Å². The van der Waals surface area contributed by atoms with Gasteiger partial charge in [0, 0.05) is 24.4 Å². The maximum atomic E-state index is 13.1. The zero-order valence-corrected chi connectivity index (χ0v) is 18.2. The molecular weight excluding hydrogens is 496 g/mol. The maximum Gasteiger partial charge on any atom is 0.199 e. The van der Waals surface area contributed by atoms with Crippen LogP contribution in [0, 0.1) is 0 Å². The molecule has 0 radical (unpaired) electrons. The summed E-state index contributed by atoms with van der Waals surface area (Å²) in [6.07, 6.45) is 1.90. The molecule has 130 valence electrons. The topological polar surface area (TPSA) is 17.1 Å². The van der Waals surface area contributed by atoms with Crippen molar-refractivity contribution in [2.75, 3.05) is 0 Å². The molecule has 0 aliphatic rings. The smallest absolute Gasteiger partial charge is 0.199 e. The molecule has 0 amide bonds. The van der Waals surface area contributed by atoms with E-state index in [4.69, 9.17) is 11.6 Å². The summed E-state index contributed by atoms with van der Waals surface area (Å²) in [5.74, 6) is -0.0135. The summed E-state index contributed by atoms with van der Waals surface area (Å²) in [6.45, 7) is 0. The van der Waals surface area contributed by atoms with Crippen LogP contribution in [-0.4, -0.2) is 5.78 Å². The van der Waals surface area contributed by atoms with Crippen molar-refractivity contribution < 1.29 is 4.79 Å². The second kappa shape index (κ2) is 9.05. The van der Waals surface area contributed by atoms with Crippen LogP contribution in [0.5, 0.6) is 0 Å². The number of hydrogen-bond acceptors (Lipinski definition) is 2. The third-order valence-corrected chi connectivity index (χ3v) is 5.88. The molecule has 0 N–H and O–H groups in total.